The summed E-state index contributed by atoms with van der Waals surface area (Å²) in [5.41, 5.74) is 2.47. The molecular formula is C25H28N2O2. The molecule has 0 aliphatic carbocycles. The first-order valence-corrected chi connectivity index (χ1v) is 10.5. The Morgan fingerprint density at radius 2 is 1.59 bits per heavy atom. The molecule has 150 valence electrons. The normalized spacial score (nSPS) is 14.6. The second-order valence-electron chi connectivity index (χ2n) is 7.68. The number of hydrogen-bond acceptors (Lipinski definition) is 3. The van der Waals surface area contributed by atoms with Crippen molar-refractivity contribution in [2.45, 2.75) is 32.4 Å². The SMILES string of the molecule is O=C(COc1ccc2ccccc2c1)NCc1ccccc1CN1CCCCC1. The fourth-order valence-electron chi connectivity index (χ4n) is 3.89. The highest BCUT2D eigenvalue weighted by molar-refractivity contribution is 5.84. The number of nitrogens with zero attached hydrogens (tertiary/aromatic N) is 1. The van der Waals surface area contributed by atoms with Gasteiger partial charge in [0.2, 0.25) is 0 Å². The van der Waals surface area contributed by atoms with E-state index >= 15 is 0 Å². The van der Waals surface area contributed by atoms with Gasteiger partial charge in [0.25, 0.3) is 5.91 Å². The number of carbonyl (C=O) groups excluding carboxylic acids is 1. The third-order valence-corrected chi connectivity index (χ3v) is 5.53. The van der Waals surface area contributed by atoms with E-state index in [9.17, 15) is 4.79 Å². The van der Waals surface area contributed by atoms with Crippen LogP contribution in [0.3, 0.4) is 0 Å². The summed E-state index contributed by atoms with van der Waals surface area (Å²) in [6, 6.07) is 22.4. The van der Waals surface area contributed by atoms with Crippen molar-refractivity contribution in [2.24, 2.45) is 0 Å². The first kappa shape index (κ1) is 19.5. The molecule has 0 atom stereocenters. The van der Waals surface area contributed by atoms with E-state index in [-0.39, 0.29) is 12.5 Å². The van der Waals surface area contributed by atoms with Gasteiger partial charge in [0.1, 0.15) is 5.75 Å². The lowest BCUT2D eigenvalue weighted by molar-refractivity contribution is -0.123. The van der Waals surface area contributed by atoms with Gasteiger partial charge in [-0.3, -0.25) is 9.69 Å². The Kier molecular flexibility index (Phi) is 6.42. The average molecular weight is 389 g/mol. The minimum Gasteiger partial charge on any atom is -0.484 e. The number of benzene rings is 3. The number of piperidine rings is 1. The molecule has 1 fully saturated rings. The van der Waals surface area contributed by atoms with Crippen LogP contribution >= 0.6 is 0 Å². The third-order valence-electron chi connectivity index (χ3n) is 5.53. The Balaban J connectivity index is 1.30. The Morgan fingerprint density at radius 3 is 2.41 bits per heavy atom. The number of fused-ring (bicyclic) bond motifs is 1. The van der Waals surface area contributed by atoms with E-state index in [4.69, 9.17) is 4.74 Å². The topological polar surface area (TPSA) is 41.6 Å². The average Bonchev–Trinajstić information content (AvgIpc) is 2.77. The lowest BCUT2D eigenvalue weighted by Gasteiger charge is -2.27. The molecule has 1 aliphatic rings. The zero-order valence-corrected chi connectivity index (χ0v) is 16.8. The molecule has 1 heterocycles. The summed E-state index contributed by atoms with van der Waals surface area (Å²) in [5, 5.41) is 5.27. The summed E-state index contributed by atoms with van der Waals surface area (Å²) in [6.07, 6.45) is 3.90. The standard InChI is InChI=1S/C25H28N2O2/c28-25(19-29-24-13-12-20-8-2-3-9-21(20)16-24)26-17-22-10-4-5-11-23(22)18-27-14-6-1-7-15-27/h2-5,8-13,16H,1,6-7,14-15,17-19H2,(H,26,28). The van der Waals surface area contributed by atoms with Crippen LogP contribution in [0.5, 0.6) is 5.75 Å². The molecule has 1 saturated heterocycles. The van der Waals surface area contributed by atoms with Gasteiger partial charge in [0.05, 0.1) is 0 Å². The van der Waals surface area contributed by atoms with Gasteiger partial charge in [-0.05, 0) is 60.0 Å². The van der Waals surface area contributed by atoms with Crippen molar-refractivity contribution in [3.05, 3.63) is 77.9 Å². The van der Waals surface area contributed by atoms with Crippen molar-refractivity contribution in [3.8, 4) is 5.75 Å². The molecule has 1 N–H and O–H groups in total. The first-order valence-electron chi connectivity index (χ1n) is 10.5. The van der Waals surface area contributed by atoms with Crippen LogP contribution in [0.4, 0.5) is 0 Å². The number of ether oxygens (including phenoxy) is 1. The van der Waals surface area contributed by atoms with Crippen LogP contribution in [0.2, 0.25) is 0 Å². The quantitative estimate of drug-likeness (QED) is 0.647. The van der Waals surface area contributed by atoms with Crippen molar-refractivity contribution < 1.29 is 9.53 Å². The van der Waals surface area contributed by atoms with Crippen molar-refractivity contribution in [1.29, 1.82) is 0 Å². The molecule has 3 aromatic rings. The fraction of sp³-hybridized carbons (Fsp3) is 0.320. The zero-order valence-electron chi connectivity index (χ0n) is 16.8. The molecule has 0 radical (unpaired) electrons. The van der Waals surface area contributed by atoms with Crippen molar-refractivity contribution in [3.63, 3.8) is 0 Å². The molecule has 1 amide bonds. The van der Waals surface area contributed by atoms with E-state index in [1.807, 2.05) is 42.5 Å². The van der Waals surface area contributed by atoms with E-state index in [2.05, 4.69) is 34.5 Å². The Hall–Kier alpha value is -2.85. The van der Waals surface area contributed by atoms with Gasteiger partial charge < -0.3 is 10.1 Å². The second-order valence-corrected chi connectivity index (χ2v) is 7.68. The number of carbonyl (C=O) groups is 1. The molecular weight excluding hydrogens is 360 g/mol. The van der Waals surface area contributed by atoms with E-state index in [1.165, 1.54) is 43.5 Å². The predicted octanol–water partition coefficient (Wildman–Crippen LogP) is 4.52. The number of nitrogens with one attached hydrogen (secondary N) is 1. The molecule has 4 heteroatoms. The van der Waals surface area contributed by atoms with Crippen LogP contribution in [0.1, 0.15) is 30.4 Å². The zero-order chi connectivity index (χ0) is 19.9. The van der Waals surface area contributed by atoms with Gasteiger partial charge >= 0.3 is 0 Å². The third kappa shape index (κ3) is 5.36. The molecule has 4 nitrogen and oxygen atoms in total. The fourth-order valence-corrected chi connectivity index (χ4v) is 3.89. The first-order chi connectivity index (χ1) is 14.3. The maximum Gasteiger partial charge on any atom is 0.258 e. The minimum atomic E-state index is -0.106. The van der Waals surface area contributed by atoms with Crippen molar-refractivity contribution in [2.75, 3.05) is 19.7 Å². The van der Waals surface area contributed by atoms with Crippen LogP contribution in [0.25, 0.3) is 10.8 Å². The van der Waals surface area contributed by atoms with E-state index < -0.39 is 0 Å². The highest BCUT2D eigenvalue weighted by Crippen LogP contribution is 2.20. The maximum absolute atomic E-state index is 12.3. The number of likely N-dealkylation sites (tertiary alicyclic amines) is 1. The molecule has 29 heavy (non-hydrogen) atoms. The molecule has 0 saturated carbocycles. The van der Waals surface area contributed by atoms with Crippen LogP contribution in [-0.4, -0.2) is 30.5 Å². The summed E-state index contributed by atoms with van der Waals surface area (Å²) in [7, 11) is 0. The summed E-state index contributed by atoms with van der Waals surface area (Å²) in [6.45, 7) is 3.84. The van der Waals surface area contributed by atoms with Crippen molar-refractivity contribution >= 4 is 16.7 Å². The van der Waals surface area contributed by atoms with Crippen LogP contribution in [0, 0.1) is 0 Å². The van der Waals surface area contributed by atoms with Gasteiger partial charge in [-0.1, -0.05) is 61.0 Å². The smallest absolute Gasteiger partial charge is 0.258 e. The summed E-state index contributed by atoms with van der Waals surface area (Å²) in [4.78, 5) is 14.8. The van der Waals surface area contributed by atoms with Gasteiger partial charge in [-0.25, -0.2) is 0 Å². The molecule has 4 rings (SSSR count). The van der Waals surface area contributed by atoms with Crippen LogP contribution in [-0.2, 0) is 17.9 Å². The van der Waals surface area contributed by atoms with Crippen LogP contribution < -0.4 is 10.1 Å². The number of hydrogen-bond donors (Lipinski definition) is 1. The Bertz CT molecular complexity index is 964. The van der Waals surface area contributed by atoms with Gasteiger partial charge in [0, 0.05) is 13.1 Å². The summed E-state index contributed by atoms with van der Waals surface area (Å²) in [5.74, 6) is 0.607. The summed E-state index contributed by atoms with van der Waals surface area (Å²) < 4.78 is 5.70. The van der Waals surface area contributed by atoms with Gasteiger partial charge in [0.15, 0.2) is 6.61 Å². The number of amides is 1. The monoisotopic (exact) mass is 388 g/mol. The lowest BCUT2D eigenvalue weighted by atomic mass is 10.0. The highest BCUT2D eigenvalue weighted by Gasteiger charge is 2.13. The molecule has 3 aromatic carbocycles. The van der Waals surface area contributed by atoms with Gasteiger partial charge in [-0.2, -0.15) is 0 Å². The second kappa shape index (κ2) is 9.57. The molecule has 0 aromatic heterocycles. The largest absolute Gasteiger partial charge is 0.484 e. The van der Waals surface area contributed by atoms with Crippen molar-refractivity contribution in [1.82, 2.24) is 10.2 Å². The maximum atomic E-state index is 12.3. The van der Waals surface area contributed by atoms with Gasteiger partial charge in [-0.15, -0.1) is 0 Å². The Labute approximate surface area is 172 Å². The Morgan fingerprint density at radius 1 is 0.862 bits per heavy atom. The molecule has 0 unspecified atom stereocenters. The molecule has 0 spiro atoms. The van der Waals surface area contributed by atoms with E-state index in [1.54, 1.807) is 0 Å². The van der Waals surface area contributed by atoms with E-state index in [0.717, 1.165) is 17.3 Å². The molecule has 1 aliphatic heterocycles. The highest BCUT2D eigenvalue weighted by atomic mass is 16.5. The van der Waals surface area contributed by atoms with Crippen LogP contribution in [0.15, 0.2) is 66.7 Å². The number of rotatable bonds is 7. The predicted molar refractivity (Wildman–Crippen MR) is 117 cm³/mol. The minimum absolute atomic E-state index is 0.0205. The summed E-state index contributed by atoms with van der Waals surface area (Å²) >= 11 is 0. The molecule has 0 bridgehead atoms. The lowest BCUT2D eigenvalue weighted by Crippen LogP contribution is -2.31. The van der Waals surface area contributed by atoms with E-state index in [0.29, 0.717) is 12.3 Å².